The molecule has 0 aromatic carbocycles. The van der Waals surface area contributed by atoms with E-state index in [2.05, 4.69) is 36.6 Å². The molecule has 4 fully saturated rings. The van der Waals surface area contributed by atoms with Crippen LogP contribution in [0.25, 0.3) is 0 Å². The van der Waals surface area contributed by atoms with E-state index < -0.39 is 15.4 Å². The smallest absolute Gasteiger partial charge is 0.244 e. The Bertz CT molecular complexity index is 961. The monoisotopic (exact) mass is 532 g/mol. The van der Waals surface area contributed by atoms with Gasteiger partial charge in [-0.1, -0.05) is 52.4 Å². The van der Waals surface area contributed by atoms with Gasteiger partial charge in [0.05, 0.1) is 35.8 Å². The number of nitriles is 2. The molecule has 2 saturated heterocycles. The van der Waals surface area contributed by atoms with Gasteiger partial charge in [0, 0.05) is 0 Å². The van der Waals surface area contributed by atoms with Crippen LogP contribution in [-0.2, 0) is 19.2 Å². The molecule has 0 radical (unpaired) electrons. The minimum absolute atomic E-state index is 0.176. The maximum absolute atomic E-state index is 12.0. The summed E-state index contributed by atoms with van der Waals surface area (Å²) in [6.45, 7) is 4.32. The van der Waals surface area contributed by atoms with E-state index in [1.54, 1.807) is 11.8 Å². The lowest BCUT2D eigenvalue weighted by Gasteiger charge is -2.44. The fourth-order valence-corrected chi connectivity index (χ4v) is 8.81. The number of nitrogens with zero attached hydrogens (tertiary/aromatic N) is 2. The van der Waals surface area contributed by atoms with Gasteiger partial charge in [0.1, 0.15) is 9.49 Å². The SMILES string of the molecule is CCCCCCS[C@@]12C(=O)NC(=O)[C@@H]1C[C@@H]2C#N.CCCCCCS[C@]12C[C@@H](C#N)[C@H]1C(=O)NC2=O. The number of unbranched alkanes of at least 4 members (excludes halogenated alkanes) is 6. The quantitative estimate of drug-likeness (QED) is 0.286. The van der Waals surface area contributed by atoms with E-state index in [1.165, 1.54) is 43.9 Å². The van der Waals surface area contributed by atoms with Crippen LogP contribution in [0.4, 0.5) is 0 Å². The molecule has 2 heterocycles. The maximum Gasteiger partial charge on any atom is 0.244 e. The zero-order valence-electron chi connectivity index (χ0n) is 21.1. The van der Waals surface area contributed by atoms with Gasteiger partial charge in [0.25, 0.3) is 0 Å². The zero-order valence-corrected chi connectivity index (χ0v) is 22.8. The lowest BCUT2D eigenvalue weighted by atomic mass is 9.66. The molecule has 4 rings (SSSR count). The van der Waals surface area contributed by atoms with E-state index in [9.17, 15) is 19.2 Å². The summed E-state index contributed by atoms with van der Waals surface area (Å²) in [5.41, 5.74) is 0. The van der Waals surface area contributed by atoms with Gasteiger partial charge in [-0.25, -0.2) is 0 Å². The van der Waals surface area contributed by atoms with Gasteiger partial charge in [-0.15, -0.1) is 23.5 Å². The Morgan fingerprint density at radius 3 is 2.00 bits per heavy atom. The van der Waals surface area contributed by atoms with E-state index in [0.29, 0.717) is 12.8 Å². The highest BCUT2D eigenvalue weighted by atomic mass is 32.2. The molecule has 4 amide bonds. The van der Waals surface area contributed by atoms with Crippen LogP contribution < -0.4 is 10.6 Å². The van der Waals surface area contributed by atoms with Crippen molar-refractivity contribution in [1.82, 2.24) is 10.6 Å². The molecule has 0 aromatic heterocycles. The highest BCUT2D eigenvalue weighted by Crippen LogP contribution is 2.57. The van der Waals surface area contributed by atoms with Gasteiger partial charge >= 0.3 is 0 Å². The van der Waals surface area contributed by atoms with Gasteiger partial charge in [-0.2, -0.15) is 10.5 Å². The second-order valence-electron chi connectivity index (χ2n) is 10.0. The topological polar surface area (TPSA) is 140 Å². The molecule has 6 atom stereocenters. The number of amides is 4. The number of carbonyl (C=O) groups is 4. The first-order valence-corrected chi connectivity index (χ1v) is 15.1. The number of nitrogens with one attached hydrogen (secondary N) is 2. The van der Waals surface area contributed by atoms with Crippen LogP contribution in [0, 0.1) is 46.3 Å². The zero-order chi connectivity index (χ0) is 26.3. The van der Waals surface area contributed by atoms with Crippen LogP contribution >= 0.6 is 23.5 Å². The van der Waals surface area contributed by atoms with Crippen LogP contribution in [0.2, 0.25) is 0 Å². The molecule has 2 N–H and O–H groups in total. The molecule has 0 unspecified atom stereocenters. The number of thioether (sulfide) groups is 2. The molecule has 2 aliphatic carbocycles. The highest BCUT2D eigenvalue weighted by Gasteiger charge is 2.68. The molecular formula is C26H36N4O4S2. The summed E-state index contributed by atoms with van der Waals surface area (Å²) in [7, 11) is 0. The minimum Gasteiger partial charge on any atom is -0.295 e. The standard InChI is InChI=1S/2C13H18N2O2S/c1-2-3-4-5-6-18-13-7-9(8-14)10(13)11(16)15-12(13)17;1-2-3-4-5-6-18-13-9(8-14)7-10(13)11(16)15-12(13)17/h2*9-10H,2-7H2,1H3,(H,15,16,17)/t9-,10-,13+;9-,10+,13-/m01/s1. The molecule has 8 nitrogen and oxygen atoms in total. The van der Waals surface area contributed by atoms with Crippen LogP contribution in [0.1, 0.15) is 78.1 Å². The fourth-order valence-electron chi connectivity index (χ4n) is 5.55. The van der Waals surface area contributed by atoms with Crippen LogP contribution in [0.3, 0.4) is 0 Å². The van der Waals surface area contributed by atoms with Crippen molar-refractivity contribution >= 4 is 47.2 Å². The molecule has 0 spiro atoms. The number of hydrogen-bond acceptors (Lipinski definition) is 8. The van der Waals surface area contributed by atoms with Crippen molar-refractivity contribution in [2.75, 3.05) is 11.5 Å². The van der Waals surface area contributed by atoms with Gasteiger partial charge < -0.3 is 0 Å². The number of rotatable bonds is 12. The average molecular weight is 533 g/mol. The van der Waals surface area contributed by atoms with Crippen LogP contribution in [0.15, 0.2) is 0 Å². The first kappa shape index (κ1) is 28.5. The third-order valence-corrected chi connectivity index (χ3v) is 11.1. The minimum atomic E-state index is -0.766. The third kappa shape index (κ3) is 5.17. The molecule has 196 valence electrons. The van der Waals surface area contributed by atoms with Gasteiger partial charge in [0.2, 0.25) is 23.6 Å². The lowest BCUT2D eigenvalue weighted by molar-refractivity contribution is -0.127. The number of imide groups is 2. The molecule has 0 bridgehead atoms. The van der Waals surface area contributed by atoms with Crippen molar-refractivity contribution in [3.8, 4) is 12.1 Å². The van der Waals surface area contributed by atoms with Crippen molar-refractivity contribution in [2.24, 2.45) is 23.7 Å². The van der Waals surface area contributed by atoms with Crippen molar-refractivity contribution < 1.29 is 19.2 Å². The van der Waals surface area contributed by atoms with E-state index in [-0.39, 0.29) is 41.4 Å². The van der Waals surface area contributed by atoms with E-state index in [0.717, 1.165) is 30.8 Å². The first-order valence-electron chi connectivity index (χ1n) is 13.1. The van der Waals surface area contributed by atoms with Crippen molar-refractivity contribution in [3.05, 3.63) is 0 Å². The maximum atomic E-state index is 12.0. The number of carbonyl (C=O) groups excluding carboxylic acids is 4. The third-order valence-electron chi connectivity index (χ3n) is 7.76. The average Bonchev–Trinajstić information content (AvgIpc) is 3.11. The Kier molecular flexibility index (Phi) is 9.88. The predicted molar refractivity (Wildman–Crippen MR) is 139 cm³/mol. The number of fused-ring (bicyclic) bond motifs is 2. The van der Waals surface area contributed by atoms with Crippen molar-refractivity contribution in [1.29, 1.82) is 10.5 Å². The molecule has 4 aliphatic rings. The summed E-state index contributed by atoms with van der Waals surface area (Å²) in [6.07, 6.45) is 10.3. The predicted octanol–water partition coefficient (Wildman–Crippen LogP) is 3.71. The molecule has 2 saturated carbocycles. The van der Waals surface area contributed by atoms with Crippen molar-refractivity contribution in [3.63, 3.8) is 0 Å². The van der Waals surface area contributed by atoms with Gasteiger partial charge in [-0.05, 0) is 37.2 Å². The number of hydrogen-bond donors (Lipinski definition) is 2. The Hall–Kier alpha value is -2.04. The van der Waals surface area contributed by atoms with Crippen molar-refractivity contribution in [2.45, 2.75) is 87.5 Å². The van der Waals surface area contributed by atoms with E-state index in [1.807, 2.05) is 0 Å². The largest absolute Gasteiger partial charge is 0.295 e. The van der Waals surface area contributed by atoms with Gasteiger partial charge in [-0.3, -0.25) is 29.8 Å². The fraction of sp³-hybridized carbons (Fsp3) is 0.769. The molecule has 36 heavy (non-hydrogen) atoms. The molecule has 2 aliphatic heterocycles. The summed E-state index contributed by atoms with van der Waals surface area (Å²) < 4.78 is -1.39. The highest BCUT2D eigenvalue weighted by molar-refractivity contribution is 8.01. The van der Waals surface area contributed by atoms with Crippen LogP contribution in [-0.4, -0.2) is 44.6 Å². The summed E-state index contributed by atoms with van der Waals surface area (Å²) >= 11 is 3.10. The normalized spacial score (nSPS) is 33.6. The second-order valence-corrected chi connectivity index (χ2v) is 12.8. The van der Waals surface area contributed by atoms with Crippen LogP contribution in [0.5, 0.6) is 0 Å². The van der Waals surface area contributed by atoms with Gasteiger partial charge in [0.15, 0.2) is 0 Å². The molecule has 10 heteroatoms. The summed E-state index contributed by atoms with van der Waals surface area (Å²) in [4.78, 5) is 47.1. The summed E-state index contributed by atoms with van der Waals surface area (Å²) in [5.74, 6) is -0.363. The Morgan fingerprint density at radius 2 is 1.44 bits per heavy atom. The molecule has 0 aromatic rings. The summed E-state index contributed by atoms with van der Waals surface area (Å²) in [5, 5.41) is 22.8. The summed E-state index contributed by atoms with van der Waals surface area (Å²) in [6, 6.07) is 4.32. The Labute approximate surface area is 222 Å². The van der Waals surface area contributed by atoms with E-state index >= 15 is 0 Å². The Balaban J connectivity index is 0.000000201. The Morgan fingerprint density at radius 1 is 0.833 bits per heavy atom. The van der Waals surface area contributed by atoms with E-state index in [4.69, 9.17) is 10.5 Å². The lowest BCUT2D eigenvalue weighted by Crippen LogP contribution is -2.55. The second kappa shape index (κ2) is 12.5. The molecular weight excluding hydrogens is 496 g/mol. The first-order chi connectivity index (χ1) is 17.3.